The van der Waals surface area contributed by atoms with E-state index in [2.05, 4.69) is 18.1 Å². The zero-order valence-electron chi connectivity index (χ0n) is 12.5. The first-order valence-electron chi connectivity index (χ1n) is 8.16. The second-order valence-electron chi connectivity index (χ2n) is 7.34. The largest absolute Gasteiger partial charge is 0.508 e. The monoisotopic (exact) mass is 285 g/mol. The summed E-state index contributed by atoms with van der Waals surface area (Å²) in [6.07, 6.45) is 6.71. The number of aryl methyl sites for hydroxylation is 1. The smallest absolute Gasteiger partial charge is 0.115 e. The Labute approximate surface area is 125 Å². The van der Waals surface area contributed by atoms with Gasteiger partial charge in [0.1, 0.15) is 5.75 Å². The van der Waals surface area contributed by atoms with Gasteiger partial charge in [0.25, 0.3) is 0 Å². The number of oxime groups is 1. The predicted molar refractivity (Wildman–Crippen MR) is 81.9 cm³/mol. The Hall–Kier alpha value is -1.51. The molecule has 0 bridgehead atoms. The van der Waals surface area contributed by atoms with Crippen LogP contribution >= 0.6 is 0 Å². The minimum Gasteiger partial charge on any atom is -0.508 e. The van der Waals surface area contributed by atoms with Gasteiger partial charge in [-0.25, -0.2) is 0 Å². The van der Waals surface area contributed by atoms with Crippen LogP contribution in [0.15, 0.2) is 23.4 Å². The zero-order chi connectivity index (χ0) is 14.6. The average molecular weight is 285 g/mol. The highest BCUT2D eigenvalue weighted by molar-refractivity contribution is 5.92. The molecule has 2 saturated carbocycles. The fourth-order valence-electron chi connectivity index (χ4n) is 5.52. The number of nitrogens with zero attached hydrogens (tertiary/aromatic N) is 1. The lowest BCUT2D eigenvalue weighted by atomic mass is 9.55. The molecule has 4 rings (SSSR count). The predicted octanol–water partition coefficient (Wildman–Crippen LogP) is 4.08. The summed E-state index contributed by atoms with van der Waals surface area (Å²) >= 11 is 0. The maximum atomic E-state index is 9.70. The van der Waals surface area contributed by atoms with Gasteiger partial charge in [0.2, 0.25) is 0 Å². The molecule has 1 aromatic rings. The van der Waals surface area contributed by atoms with Crippen LogP contribution in [0.25, 0.3) is 0 Å². The Morgan fingerprint density at radius 2 is 2.05 bits per heavy atom. The first kappa shape index (κ1) is 13.2. The third kappa shape index (κ3) is 1.76. The molecule has 0 heterocycles. The van der Waals surface area contributed by atoms with Gasteiger partial charge in [-0.15, -0.1) is 0 Å². The number of hydrogen-bond donors (Lipinski definition) is 2. The van der Waals surface area contributed by atoms with Crippen LogP contribution in [-0.2, 0) is 6.42 Å². The van der Waals surface area contributed by atoms with Gasteiger partial charge in [-0.3, -0.25) is 0 Å². The lowest BCUT2D eigenvalue weighted by Gasteiger charge is -2.48. The van der Waals surface area contributed by atoms with Gasteiger partial charge in [-0.05, 0) is 79.5 Å². The molecule has 0 spiro atoms. The molecular weight excluding hydrogens is 262 g/mol. The lowest BCUT2D eigenvalue weighted by molar-refractivity contribution is 0.0938. The Morgan fingerprint density at radius 1 is 1.19 bits per heavy atom. The van der Waals surface area contributed by atoms with E-state index in [1.54, 1.807) is 0 Å². The van der Waals surface area contributed by atoms with Gasteiger partial charge < -0.3 is 10.3 Å². The van der Waals surface area contributed by atoms with Gasteiger partial charge in [0.05, 0.1) is 5.71 Å². The highest BCUT2D eigenvalue weighted by Gasteiger charge is 2.53. The summed E-state index contributed by atoms with van der Waals surface area (Å²) in [4.78, 5) is 0. The van der Waals surface area contributed by atoms with E-state index in [1.165, 1.54) is 30.4 Å². The molecule has 3 nitrogen and oxygen atoms in total. The Bertz CT molecular complexity index is 609. The molecule has 0 unspecified atom stereocenters. The number of phenolic OH excluding ortho intramolecular Hbond substituents is 1. The molecule has 112 valence electrons. The standard InChI is InChI=1S/C18H23NO2/c1-18-9-8-14-13-5-3-12(20)10-11(13)2-4-15(14)16(18)6-7-17(18)19-21/h3,5,10,14-16,20-21H,2,4,6-9H2,1H3/b19-17-/t14-,15+,16-,18+/m1/s1. The number of aromatic hydroxyl groups is 1. The van der Waals surface area contributed by atoms with Crippen molar-refractivity contribution < 1.29 is 10.3 Å². The van der Waals surface area contributed by atoms with Crippen LogP contribution < -0.4 is 0 Å². The number of fused-ring (bicyclic) bond motifs is 5. The molecule has 3 aliphatic carbocycles. The minimum atomic E-state index is 0.115. The van der Waals surface area contributed by atoms with Crippen molar-refractivity contribution in [1.29, 1.82) is 0 Å². The average Bonchev–Trinajstić information content (AvgIpc) is 2.83. The third-order valence-electron chi connectivity index (χ3n) is 6.57. The van der Waals surface area contributed by atoms with E-state index < -0.39 is 0 Å². The van der Waals surface area contributed by atoms with E-state index in [0.717, 1.165) is 25.0 Å². The fourth-order valence-corrected chi connectivity index (χ4v) is 5.52. The van der Waals surface area contributed by atoms with Crippen molar-refractivity contribution in [3.63, 3.8) is 0 Å². The van der Waals surface area contributed by atoms with Crippen LogP contribution in [-0.4, -0.2) is 16.0 Å². The van der Waals surface area contributed by atoms with Gasteiger partial charge in [0.15, 0.2) is 0 Å². The summed E-state index contributed by atoms with van der Waals surface area (Å²) in [5, 5.41) is 22.6. The van der Waals surface area contributed by atoms with Crippen LogP contribution in [0.3, 0.4) is 0 Å². The SMILES string of the molecule is C[C@]12CC[C@@H]3c4ccc(O)cc4CC[C@@H]3[C@H]1CC/C2=N/O. The normalized spacial score (nSPS) is 39.7. The molecule has 4 atom stereocenters. The molecule has 3 heteroatoms. The van der Waals surface area contributed by atoms with Crippen LogP contribution in [0.1, 0.15) is 56.1 Å². The van der Waals surface area contributed by atoms with E-state index in [0.29, 0.717) is 23.5 Å². The molecule has 3 aliphatic rings. The first-order valence-corrected chi connectivity index (χ1v) is 8.16. The van der Waals surface area contributed by atoms with Crippen LogP contribution in [0, 0.1) is 17.3 Å². The van der Waals surface area contributed by atoms with E-state index in [9.17, 15) is 10.3 Å². The molecule has 0 aromatic heterocycles. The molecule has 0 aliphatic heterocycles. The fraction of sp³-hybridized carbons (Fsp3) is 0.611. The van der Waals surface area contributed by atoms with Crippen molar-refractivity contribution >= 4 is 5.71 Å². The molecule has 21 heavy (non-hydrogen) atoms. The summed E-state index contributed by atoms with van der Waals surface area (Å²) < 4.78 is 0. The summed E-state index contributed by atoms with van der Waals surface area (Å²) in [5.74, 6) is 2.39. The van der Waals surface area contributed by atoms with Crippen molar-refractivity contribution in [3.8, 4) is 5.75 Å². The van der Waals surface area contributed by atoms with E-state index in [1.807, 2.05) is 12.1 Å². The van der Waals surface area contributed by atoms with Crippen molar-refractivity contribution in [2.45, 2.75) is 51.4 Å². The van der Waals surface area contributed by atoms with Crippen LogP contribution in [0.5, 0.6) is 5.75 Å². The summed E-state index contributed by atoms with van der Waals surface area (Å²) in [6, 6.07) is 5.93. The second-order valence-corrected chi connectivity index (χ2v) is 7.34. The van der Waals surface area contributed by atoms with E-state index in [-0.39, 0.29) is 5.41 Å². The zero-order valence-corrected chi connectivity index (χ0v) is 12.5. The van der Waals surface area contributed by atoms with Crippen molar-refractivity contribution in [1.82, 2.24) is 0 Å². The summed E-state index contributed by atoms with van der Waals surface area (Å²) in [7, 11) is 0. The van der Waals surface area contributed by atoms with Crippen molar-refractivity contribution in [2.75, 3.05) is 0 Å². The Kier molecular flexibility index (Phi) is 2.82. The van der Waals surface area contributed by atoms with Crippen molar-refractivity contribution in [2.24, 2.45) is 22.4 Å². The van der Waals surface area contributed by atoms with Crippen LogP contribution in [0.2, 0.25) is 0 Å². The second kappa shape index (κ2) is 4.49. The van der Waals surface area contributed by atoms with Gasteiger partial charge in [-0.1, -0.05) is 18.1 Å². The molecule has 2 fully saturated rings. The highest BCUT2D eigenvalue weighted by atomic mass is 16.4. The Morgan fingerprint density at radius 3 is 2.86 bits per heavy atom. The molecule has 0 amide bonds. The van der Waals surface area contributed by atoms with Gasteiger partial charge >= 0.3 is 0 Å². The molecular formula is C18H23NO2. The molecule has 2 N–H and O–H groups in total. The molecule has 0 saturated heterocycles. The van der Waals surface area contributed by atoms with Gasteiger partial charge in [0, 0.05) is 5.41 Å². The molecule has 0 radical (unpaired) electrons. The maximum Gasteiger partial charge on any atom is 0.115 e. The number of hydrogen-bond acceptors (Lipinski definition) is 3. The Balaban J connectivity index is 1.72. The highest BCUT2D eigenvalue weighted by Crippen LogP contribution is 2.59. The van der Waals surface area contributed by atoms with Crippen LogP contribution in [0.4, 0.5) is 0 Å². The van der Waals surface area contributed by atoms with E-state index in [4.69, 9.17) is 0 Å². The minimum absolute atomic E-state index is 0.115. The summed E-state index contributed by atoms with van der Waals surface area (Å²) in [6.45, 7) is 2.31. The van der Waals surface area contributed by atoms with Gasteiger partial charge in [-0.2, -0.15) is 0 Å². The quantitative estimate of drug-likeness (QED) is 0.557. The summed E-state index contributed by atoms with van der Waals surface area (Å²) in [5.41, 5.74) is 3.95. The number of rotatable bonds is 0. The lowest BCUT2D eigenvalue weighted by Crippen LogP contribution is -2.42. The van der Waals surface area contributed by atoms with E-state index >= 15 is 0 Å². The first-order chi connectivity index (χ1) is 10.1. The van der Waals surface area contributed by atoms with Crippen molar-refractivity contribution in [3.05, 3.63) is 29.3 Å². The molecule has 1 aromatic carbocycles. The topological polar surface area (TPSA) is 52.8 Å². The maximum absolute atomic E-state index is 9.70. The number of benzene rings is 1. The third-order valence-corrected chi connectivity index (χ3v) is 6.57. The number of phenols is 1.